The van der Waals surface area contributed by atoms with Crippen molar-refractivity contribution in [1.29, 1.82) is 0 Å². The number of aromatic nitrogens is 3. The number of aromatic carboxylic acids is 1. The number of imidazole rings is 1. The number of carboxylic acids is 1. The highest BCUT2D eigenvalue weighted by Gasteiger charge is 2.29. The van der Waals surface area contributed by atoms with Crippen LogP contribution in [0.25, 0.3) is 5.65 Å². The van der Waals surface area contributed by atoms with Crippen LogP contribution in [-0.4, -0.2) is 37.3 Å². The van der Waals surface area contributed by atoms with Crippen LogP contribution in [0.15, 0.2) is 46.0 Å². The third kappa shape index (κ3) is 4.90. The second-order valence-corrected chi connectivity index (χ2v) is 10.8. The number of carboxylic acid groups (broad SMARTS) is 1. The van der Waals surface area contributed by atoms with Crippen LogP contribution < -0.4 is 44.0 Å². The molecule has 0 fully saturated rings. The number of fused-ring (bicyclic) bond motifs is 2. The fourth-order valence-electron chi connectivity index (χ4n) is 5.63. The fourth-order valence-corrected chi connectivity index (χ4v) is 5.63. The van der Waals surface area contributed by atoms with Crippen LogP contribution in [-0.2, 0) is 13.0 Å². The van der Waals surface area contributed by atoms with Crippen molar-refractivity contribution < 1.29 is 23.9 Å². The summed E-state index contributed by atoms with van der Waals surface area (Å²) in [7, 11) is 0. The molecule has 10 N–H and O–H groups in total. The van der Waals surface area contributed by atoms with Gasteiger partial charge in [0.05, 0.1) is 17.3 Å². The number of carbonyl (C=O) groups is 3. The number of nitrogen functional groups attached to an aromatic ring is 3. The van der Waals surface area contributed by atoms with E-state index in [0.29, 0.717) is 24.0 Å². The molecule has 2 aromatic heterocycles. The number of anilines is 5. The summed E-state index contributed by atoms with van der Waals surface area (Å²) in [5.74, 6) is -3.32. The van der Waals surface area contributed by atoms with E-state index in [9.17, 15) is 33.5 Å². The monoisotopic (exact) mass is 627 g/mol. The lowest BCUT2D eigenvalue weighted by Gasteiger charge is -2.16. The Morgan fingerprint density at radius 3 is 2.52 bits per heavy atom. The van der Waals surface area contributed by atoms with Crippen LogP contribution in [0.3, 0.4) is 0 Å². The van der Waals surface area contributed by atoms with Crippen LogP contribution >= 0.6 is 0 Å². The highest BCUT2D eigenvalue weighted by molar-refractivity contribution is 5.99. The molecule has 0 spiro atoms. The molecule has 15 nitrogen and oxygen atoms in total. The number of nitrogens with two attached hydrogens (primary N) is 3. The van der Waals surface area contributed by atoms with Gasteiger partial charge >= 0.3 is 5.97 Å². The van der Waals surface area contributed by atoms with Crippen molar-refractivity contribution >= 4 is 52.3 Å². The molecule has 5 aromatic rings. The summed E-state index contributed by atoms with van der Waals surface area (Å²) < 4.78 is 15.6. The largest absolute Gasteiger partial charge is 0.478 e. The van der Waals surface area contributed by atoms with E-state index >= 15 is 0 Å². The standard InChI is InChI=1S/C30H26FN9O6/c1-11-13-5-7-17(15(13)4-3-14(11)29(45)46)38-27(43)19-9-20(40-26(37-19)25(33)39-30(40)34)28(44)35-10-12-2-6-16(31)18(8-12)36-22-21(32)23(41)24(22)42/h2-4,6,8-9,17,36H,5,7,10,32-33H2,1H3,(H2,34,39)(H,35,44)(H,38,43)(H,45,46)/t17-/m0/s1. The van der Waals surface area contributed by atoms with Gasteiger partial charge in [-0.2, -0.15) is 4.98 Å². The maximum Gasteiger partial charge on any atom is 0.335 e. The number of halogens is 1. The molecular formula is C30H26FN9O6. The minimum absolute atomic E-state index is 0.0251. The fraction of sp³-hybridized carbons (Fsp3) is 0.167. The SMILES string of the molecule is Cc1c(C(=O)O)ccc2c1CC[C@@H]2NC(=O)c1cc(C(=O)NCc2ccc(F)c(Nc3c(N)c(=O)c3=O)c2)n2c(N)nc(N)c2n1. The van der Waals surface area contributed by atoms with Gasteiger partial charge < -0.3 is 38.3 Å². The second kappa shape index (κ2) is 11.0. The minimum atomic E-state index is -1.03. The Labute approximate surface area is 257 Å². The molecule has 0 aliphatic heterocycles. The average Bonchev–Trinajstić information content (AvgIpc) is 3.58. The second-order valence-electron chi connectivity index (χ2n) is 10.8. The van der Waals surface area contributed by atoms with Gasteiger partial charge in [-0.25, -0.2) is 14.2 Å². The molecular weight excluding hydrogens is 601 g/mol. The average molecular weight is 628 g/mol. The number of nitrogens with zero attached hydrogens (tertiary/aromatic N) is 3. The van der Waals surface area contributed by atoms with Gasteiger partial charge in [0.25, 0.3) is 22.7 Å². The van der Waals surface area contributed by atoms with E-state index in [1.807, 2.05) is 0 Å². The number of carbonyl (C=O) groups excluding carboxylic acids is 2. The minimum Gasteiger partial charge on any atom is -0.478 e. The molecule has 6 rings (SSSR count). The van der Waals surface area contributed by atoms with Crippen molar-refractivity contribution in [2.24, 2.45) is 0 Å². The van der Waals surface area contributed by atoms with Gasteiger partial charge in [0.1, 0.15) is 28.6 Å². The van der Waals surface area contributed by atoms with E-state index in [0.717, 1.165) is 17.2 Å². The van der Waals surface area contributed by atoms with Gasteiger partial charge in [0.15, 0.2) is 11.5 Å². The van der Waals surface area contributed by atoms with Crippen molar-refractivity contribution in [1.82, 2.24) is 25.0 Å². The zero-order chi connectivity index (χ0) is 33.0. The van der Waals surface area contributed by atoms with Crippen LogP contribution in [0, 0.1) is 12.7 Å². The van der Waals surface area contributed by atoms with E-state index in [1.54, 1.807) is 13.0 Å². The summed E-state index contributed by atoms with van der Waals surface area (Å²) in [6.45, 7) is 1.61. The Hall–Kier alpha value is -6.32. The molecule has 2 heterocycles. The third-order valence-corrected chi connectivity index (χ3v) is 8.03. The summed E-state index contributed by atoms with van der Waals surface area (Å²) in [6, 6.07) is 7.83. The van der Waals surface area contributed by atoms with Crippen molar-refractivity contribution in [3.63, 3.8) is 0 Å². The number of hydrogen-bond donors (Lipinski definition) is 7. The molecule has 3 aromatic carbocycles. The molecule has 46 heavy (non-hydrogen) atoms. The number of nitrogens with one attached hydrogen (secondary N) is 3. The third-order valence-electron chi connectivity index (χ3n) is 8.03. The van der Waals surface area contributed by atoms with Gasteiger partial charge in [-0.3, -0.25) is 23.6 Å². The maximum atomic E-state index is 14.4. The van der Waals surface area contributed by atoms with Crippen molar-refractivity contribution in [3.8, 4) is 0 Å². The van der Waals surface area contributed by atoms with Gasteiger partial charge in [0, 0.05) is 6.54 Å². The Kier molecular flexibility index (Phi) is 7.11. The lowest BCUT2D eigenvalue weighted by molar-refractivity contribution is 0.0695. The number of hydrogen-bond acceptors (Lipinski definition) is 11. The van der Waals surface area contributed by atoms with Crippen molar-refractivity contribution in [2.45, 2.75) is 32.4 Å². The van der Waals surface area contributed by atoms with E-state index in [1.165, 1.54) is 28.7 Å². The highest BCUT2D eigenvalue weighted by atomic mass is 19.1. The molecule has 0 saturated heterocycles. The summed E-state index contributed by atoms with van der Waals surface area (Å²) in [6.07, 6.45) is 1.10. The molecule has 0 saturated carbocycles. The summed E-state index contributed by atoms with van der Waals surface area (Å²) >= 11 is 0. The molecule has 234 valence electrons. The topological polar surface area (TPSA) is 250 Å². The molecule has 2 amide bonds. The highest BCUT2D eigenvalue weighted by Crippen LogP contribution is 2.35. The first kappa shape index (κ1) is 29.7. The predicted molar refractivity (Wildman–Crippen MR) is 165 cm³/mol. The molecule has 16 heteroatoms. The maximum absolute atomic E-state index is 14.4. The molecule has 0 bridgehead atoms. The smallest absolute Gasteiger partial charge is 0.335 e. The number of benzene rings is 2. The van der Waals surface area contributed by atoms with E-state index in [-0.39, 0.29) is 58.0 Å². The molecule has 0 unspecified atom stereocenters. The Morgan fingerprint density at radius 2 is 1.80 bits per heavy atom. The van der Waals surface area contributed by atoms with Crippen LogP contribution in [0.1, 0.15) is 66.1 Å². The first-order valence-electron chi connectivity index (χ1n) is 13.9. The van der Waals surface area contributed by atoms with E-state index in [4.69, 9.17) is 17.2 Å². The first-order valence-corrected chi connectivity index (χ1v) is 13.9. The Balaban J connectivity index is 1.24. The van der Waals surface area contributed by atoms with Gasteiger partial charge in [-0.1, -0.05) is 12.1 Å². The molecule has 1 aliphatic carbocycles. The lowest BCUT2D eigenvalue weighted by Crippen LogP contribution is -2.36. The van der Waals surface area contributed by atoms with Gasteiger partial charge in [-0.05, 0) is 66.3 Å². The van der Waals surface area contributed by atoms with E-state index in [2.05, 4.69) is 25.9 Å². The van der Waals surface area contributed by atoms with Crippen LogP contribution in [0.2, 0.25) is 0 Å². The van der Waals surface area contributed by atoms with Crippen LogP contribution in [0.5, 0.6) is 0 Å². The van der Waals surface area contributed by atoms with Gasteiger partial charge in [-0.15, -0.1) is 0 Å². The summed E-state index contributed by atoms with van der Waals surface area (Å²) in [5.41, 5.74) is 17.8. The molecule has 1 atom stereocenters. The van der Waals surface area contributed by atoms with E-state index < -0.39 is 40.5 Å². The Bertz CT molecular complexity index is 2200. The summed E-state index contributed by atoms with van der Waals surface area (Å²) in [5, 5.41) is 17.5. The lowest BCUT2D eigenvalue weighted by atomic mass is 9.98. The predicted octanol–water partition coefficient (Wildman–Crippen LogP) is 1.31. The van der Waals surface area contributed by atoms with Crippen molar-refractivity contribution in [2.75, 3.05) is 22.5 Å². The zero-order valence-electron chi connectivity index (χ0n) is 24.1. The van der Waals surface area contributed by atoms with Crippen molar-refractivity contribution in [3.05, 3.63) is 102 Å². The first-order chi connectivity index (χ1) is 21.8. The van der Waals surface area contributed by atoms with Gasteiger partial charge in [0.2, 0.25) is 5.95 Å². The zero-order valence-corrected chi connectivity index (χ0v) is 24.1. The molecule has 0 radical (unpaired) electrons. The van der Waals surface area contributed by atoms with Crippen LogP contribution in [0.4, 0.5) is 33.2 Å². The number of amides is 2. The normalized spacial score (nSPS) is 13.9. The summed E-state index contributed by atoms with van der Waals surface area (Å²) in [4.78, 5) is 69.9. The Morgan fingerprint density at radius 1 is 1.04 bits per heavy atom. The number of rotatable bonds is 8. The quantitative estimate of drug-likeness (QED) is 0.120. The molecule has 1 aliphatic rings.